The smallest absolute Gasteiger partial charge is 0.145 e. The number of hydrogen-bond donors (Lipinski definition) is 1. The van der Waals surface area contributed by atoms with Gasteiger partial charge in [-0.2, -0.15) is 5.26 Å². The van der Waals surface area contributed by atoms with Crippen LogP contribution >= 0.6 is 0 Å². The van der Waals surface area contributed by atoms with Crippen molar-refractivity contribution in [3.8, 4) is 6.07 Å². The second-order valence-electron chi connectivity index (χ2n) is 5.84. The Bertz CT molecular complexity index is 495. The Morgan fingerprint density at radius 2 is 2.33 bits per heavy atom. The molecule has 0 spiro atoms. The third-order valence-corrected chi connectivity index (χ3v) is 4.06. The van der Waals surface area contributed by atoms with Crippen molar-refractivity contribution in [1.82, 2.24) is 10.2 Å². The number of nitrogens with one attached hydrogen (secondary N) is 1. The fourth-order valence-corrected chi connectivity index (χ4v) is 2.97. The Morgan fingerprint density at radius 1 is 1.48 bits per heavy atom. The molecule has 21 heavy (non-hydrogen) atoms. The molecular weight excluding hydrogens is 265 g/mol. The maximum absolute atomic E-state index is 14.1. The van der Waals surface area contributed by atoms with Gasteiger partial charge in [0.2, 0.25) is 0 Å². The molecular formula is C17H24FN3. The van der Waals surface area contributed by atoms with Crippen LogP contribution in [0.5, 0.6) is 0 Å². The van der Waals surface area contributed by atoms with Crippen molar-refractivity contribution in [2.75, 3.05) is 26.2 Å². The molecule has 0 aliphatic carbocycles. The fraction of sp³-hybridized carbons (Fsp3) is 0.588. The zero-order valence-electron chi connectivity index (χ0n) is 12.7. The molecule has 1 aliphatic rings. The Labute approximate surface area is 126 Å². The number of halogens is 1. The van der Waals surface area contributed by atoms with Gasteiger partial charge in [-0.15, -0.1) is 0 Å². The number of benzene rings is 1. The summed E-state index contributed by atoms with van der Waals surface area (Å²) < 4.78 is 14.1. The first-order chi connectivity index (χ1) is 10.2. The zero-order chi connectivity index (χ0) is 15.1. The van der Waals surface area contributed by atoms with Gasteiger partial charge in [-0.3, -0.25) is 4.90 Å². The molecule has 0 aromatic heterocycles. The molecule has 1 aliphatic heterocycles. The highest BCUT2D eigenvalue weighted by Gasteiger charge is 2.20. The zero-order valence-corrected chi connectivity index (χ0v) is 12.7. The van der Waals surface area contributed by atoms with E-state index in [4.69, 9.17) is 5.26 Å². The van der Waals surface area contributed by atoms with E-state index in [0.717, 1.165) is 39.0 Å². The summed E-state index contributed by atoms with van der Waals surface area (Å²) in [6, 6.07) is 7.00. The minimum Gasteiger partial charge on any atom is -0.316 e. The summed E-state index contributed by atoms with van der Waals surface area (Å²) in [5, 5.41) is 12.4. The van der Waals surface area contributed by atoms with E-state index < -0.39 is 0 Å². The monoisotopic (exact) mass is 289 g/mol. The van der Waals surface area contributed by atoms with Crippen molar-refractivity contribution >= 4 is 0 Å². The highest BCUT2D eigenvalue weighted by atomic mass is 19.1. The van der Waals surface area contributed by atoms with E-state index in [2.05, 4.69) is 17.1 Å². The molecule has 114 valence electrons. The van der Waals surface area contributed by atoms with Crippen LogP contribution in [-0.4, -0.2) is 31.1 Å². The van der Waals surface area contributed by atoms with Crippen molar-refractivity contribution in [2.45, 2.75) is 32.7 Å². The van der Waals surface area contributed by atoms with Crippen LogP contribution in [0.2, 0.25) is 0 Å². The maximum Gasteiger partial charge on any atom is 0.145 e. The Kier molecular flexibility index (Phi) is 6.16. The molecule has 1 atom stereocenters. The molecule has 0 bridgehead atoms. The predicted molar refractivity (Wildman–Crippen MR) is 82.3 cm³/mol. The Hall–Kier alpha value is -1.44. The molecule has 2 rings (SSSR count). The number of nitriles is 1. The Balaban J connectivity index is 1.92. The van der Waals surface area contributed by atoms with Crippen molar-refractivity contribution in [3.63, 3.8) is 0 Å². The van der Waals surface area contributed by atoms with Crippen LogP contribution in [0.1, 0.15) is 37.3 Å². The van der Waals surface area contributed by atoms with E-state index in [0.29, 0.717) is 18.0 Å². The van der Waals surface area contributed by atoms with Gasteiger partial charge >= 0.3 is 0 Å². The summed E-state index contributed by atoms with van der Waals surface area (Å²) in [5.74, 6) is 0.291. The van der Waals surface area contributed by atoms with Gasteiger partial charge < -0.3 is 5.32 Å². The van der Waals surface area contributed by atoms with Crippen LogP contribution in [0, 0.1) is 23.1 Å². The van der Waals surface area contributed by atoms with Gasteiger partial charge in [-0.1, -0.05) is 19.1 Å². The van der Waals surface area contributed by atoms with Crippen molar-refractivity contribution in [3.05, 3.63) is 35.1 Å². The van der Waals surface area contributed by atoms with Crippen LogP contribution < -0.4 is 5.32 Å². The van der Waals surface area contributed by atoms with Crippen LogP contribution in [-0.2, 0) is 6.54 Å². The van der Waals surface area contributed by atoms with E-state index >= 15 is 0 Å². The number of piperidine rings is 1. The molecule has 1 aromatic rings. The quantitative estimate of drug-likeness (QED) is 0.818. The van der Waals surface area contributed by atoms with Gasteiger partial charge in [0.15, 0.2) is 0 Å². The number of likely N-dealkylation sites (tertiary alicyclic amines) is 1. The minimum atomic E-state index is -0.355. The molecule has 0 saturated carbocycles. The third-order valence-electron chi connectivity index (χ3n) is 4.06. The lowest BCUT2D eigenvalue weighted by molar-refractivity contribution is 0.164. The largest absolute Gasteiger partial charge is 0.316 e. The van der Waals surface area contributed by atoms with Crippen molar-refractivity contribution < 1.29 is 4.39 Å². The van der Waals surface area contributed by atoms with Crippen LogP contribution in [0.4, 0.5) is 4.39 Å². The van der Waals surface area contributed by atoms with E-state index in [1.165, 1.54) is 12.5 Å². The van der Waals surface area contributed by atoms with E-state index in [9.17, 15) is 4.39 Å². The third kappa shape index (κ3) is 4.52. The average molecular weight is 289 g/mol. The maximum atomic E-state index is 14.1. The van der Waals surface area contributed by atoms with Gasteiger partial charge in [0.25, 0.3) is 0 Å². The van der Waals surface area contributed by atoms with E-state index in [-0.39, 0.29) is 11.4 Å². The summed E-state index contributed by atoms with van der Waals surface area (Å²) in [6.07, 6.45) is 3.56. The molecule has 3 nitrogen and oxygen atoms in total. The van der Waals surface area contributed by atoms with Crippen molar-refractivity contribution in [1.29, 1.82) is 5.26 Å². The summed E-state index contributed by atoms with van der Waals surface area (Å²) >= 11 is 0. The highest BCUT2D eigenvalue weighted by molar-refractivity contribution is 5.34. The predicted octanol–water partition coefficient (Wildman–Crippen LogP) is 2.91. The first-order valence-electron chi connectivity index (χ1n) is 7.85. The second-order valence-corrected chi connectivity index (χ2v) is 5.84. The van der Waals surface area contributed by atoms with Crippen LogP contribution in [0.3, 0.4) is 0 Å². The second kappa shape index (κ2) is 8.11. The van der Waals surface area contributed by atoms with Gasteiger partial charge in [-0.25, -0.2) is 4.39 Å². The average Bonchev–Trinajstić information content (AvgIpc) is 2.50. The van der Waals surface area contributed by atoms with Crippen LogP contribution in [0.15, 0.2) is 18.2 Å². The molecule has 1 fully saturated rings. The molecule has 1 saturated heterocycles. The molecule has 1 aromatic carbocycles. The molecule has 1 N–H and O–H groups in total. The highest BCUT2D eigenvalue weighted by Crippen LogP contribution is 2.20. The fourth-order valence-electron chi connectivity index (χ4n) is 2.97. The van der Waals surface area contributed by atoms with Gasteiger partial charge in [0.05, 0.1) is 5.56 Å². The molecule has 0 radical (unpaired) electrons. The normalized spacial score (nSPS) is 19.4. The summed E-state index contributed by atoms with van der Waals surface area (Å²) in [6.45, 7) is 6.91. The molecule has 1 heterocycles. The van der Waals surface area contributed by atoms with E-state index in [1.54, 1.807) is 12.1 Å². The van der Waals surface area contributed by atoms with Gasteiger partial charge in [0, 0.05) is 18.7 Å². The number of nitrogens with zero attached hydrogens (tertiary/aromatic N) is 2. The lowest BCUT2D eigenvalue weighted by Crippen LogP contribution is -2.39. The molecule has 1 unspecified atom stereocenters. The molecule has 4 heteroatoms. The summed E-state index contributed by atoms with van der Waals surface area (Å²) in [7, 11) is 0. The summed E-state index contributed by atoms with van der Waals surface area (Å²) in [5.41, 5.74) is 0.780. The lowest BCUT2D eigenvalue weighted by Gasteiger charge is -2.33. The van der Waals surface area contributed by atoms with Gasteiger partial charge in [-0.05, 0) is 50.9 Å². The van der Waals surface area contributed by atoms with Gasteiger partial charge in [0.1, 0.15) is 11.9 Å². The first kappa shape index (κ1) is 15.9. The first-order valence-corrected chi connectivity index (χ1v) is 7.85. The van der Waals surface area contributed by atoms with Crippen molar-refractivity contribution in [2.24, 2.45) is 5.92 Å². The van der Waals surface area contributed by atoms with E-state index in [1.807, 2.05) is 6.07 Å². The topological polar surface area (TPSA) is 39.1 Å². The SMILES string of the molecule is CCCNCC1CCCN(Cc2cccc(C#N)c2F)C1. The minimum absolute atomic E-state index is 0.144. The number of hydrogen-bond acceptors (Lipinski definition) is 3. The standard InChI is InChI=1S/C17H24FN3/c1-2-8-20-11-14-5-4-9-21(12-14)13-16-7-3-6-15(10-19)17(16)18/h3,6-7,14,20H,2,4-5,8-9,11-13H2,1H3. The molecule has 0 amide bonds. The lowest BCUT2D eigenvalue weighted by atomic mass is 9.97. The summed E-state index contributed by atoms with van der Waals surface area (Å²) in [4.78, 5) is 2.31. The number of rotatable bonds is 6. The van der Waals surface area contributed by atoms with Crippen LogP contribution in [0.25, 0.3) is 0 Å². The Morgan fingerprint density at radius 3 is 3.10 bits per heavy atom.